The average Bonchev–Trinajstić information content (AvgIpc) is 3.18. The second-order valence-corrected chi connectivity index (χ2v) is 10.9. The van der Waals surface area contributed by atoms with Gasteiger partial charge in [-0.1, -0.05) is 52.9 Å². The second kappa shape index (κ2) is 8.25. The smallest absolute Gasteiger partial charge is 0.219 e. The van der Waals surface area contributed by atoms with Gasteiger partial charge in [-0.05, 0) is 74.5 Å². The molecule has 3 nitrogen and oxygen atoms in total. The van der Waals surface area contributed by atoms with E-state index >= 15 is 0 Å². The molecule has 3 saturated carbocycles. The molecule has 3 fully saturated rings. The SMILES string of the molecule is CC(C)(C)C1CCC(c2nnc(C3CCC(C4CCCCC4)CC3)o2)CC1. The molecule has 0 spiro atoms. The Morgan fingerprint density at radius 1 is 0.630 bits per heavy atom. The summed E-state index contributed by atoms with van der Waals surface area (Å²) in [4.78, 5) is 0. The van der Waals surface area contributed by atoms with Crippen molar-refractivity contribution >= 4 is 0 Å². The van der Waals surface area contributed by atoms with Gasteiger partial charge in [0.2, 0.25) is 11.8 Å². The van der Waals surface area contributed by atoms with Gasteiger partial charge in [-0.25, -0.2) is 0 Å². The van der Waals surface area contributed by atoms with Crippen molar-refractivity contribution < 1.29 is 4.42 Å². The maximum absolute atomic E-state index is 6.24. The van der Waals surface area contributed by atoms with Crippen LogP contribution in [0, 0.1) is 23.2 Å². The molecule has 3 heteroatoms. The average molecular weight is 373 g/mol. The van der Waals surface area contributed by atoms with Gasteiger partial charge in [-0.15, -0.1) is 10.2 Å². The first kappa shape index (κ1) is 19.5. The highest BCUT2D eigenvalue weighted by molar-refractivity contribution is 5.00. The molecule has 0 amide bonds. The number of hydrogen-bond acceptors (Lipinski definition) is 3. The van der Waals surface area contributed by atoms with Crippen LogP contribution >= 0.6 is 0 Å². The van der Waals surface area contributed by atoms with E-state index < -0.39 is 0 Å². The van der Waals surface area contributed by atoms with E-state index in [0.717, 1.165) is 29.5 Å². The molecule has 1 aromatic heterocycles. The Morgan fingerprint density at radius 3 is 1.63 bits per heavy atom. The fourth-order valence-electron chi connectivity index (χ4n) is 6.23. The first-order valence-electron chi connectivity index (χ1n) is 11.8. The molecule has 3 aliphatic carbocycles. The first-order chi connectivity index (χ1) is 13.0. The van der Waals surface area contributed by atoms with E-state index in [1.165, 1.54) is 83.5 Å². The molecular weight excluding hydrogens is 332 g/mol. The van der Waals surface area contributed by atoms with Gasteiger partial charge in [-0.3, -0.25) is 0 Å². The maximum Gasteiger partial charge on any atom is 0.219 e. The minimum atomic E-state index is 0.432. The topological polar surface area (TPSA) is 38.9 Å². The fraction of sp³-hybridized carbons (Fsp3) is 0.917. The molecule has 4 rings (SSSR count). The molecule has 152 valence electrons. The van der Waals surface area contributed by atoms with Crippen molar-refractivity contribution in [2.75, 3.05) is 0 Å². The molecule has 3 aliphatic rings. The third-order valence-electron chi connectivity index (χ3n) is 8.19. The Bertz CT molecular complexity index is 580. The molecule has 0 unspecified atom stereocenters. The summed E-state index contributed by atoms with van der Waals surface area (Å²) in [5.74, 6) is 5.73. The summed E-state index contributed by atoms with van der Waals surface area (Å²) < 4.78 is 6.24. The summed E-state index contributed by atoms with van der Waals surface area (Å²) in [6.07, 6.45) is 17.7. The maximum atomic E-state index is 6.24. The van der Waals surface area contributed by atoms with E-state index in [9.17, 15) is 0 Å². The zero-order valence-electron chi connectivity index (χ0n) is 17.9. The third kappa shape index (κ3) is 4.59. The number of aromatic nitrogens is 2. The van der Waals surface area contributed by atoms with Gasteiger partial charge >= 0.3 is 0 Å². The van der Waals surface area contributed by atoms with Crippen LogP contribution in [0.4, 0.5) is 0 Å². The lowest BCUT2D eigenvalue weighted by atomic mass is 9.70. The molecule has 0 aliphatic heterocycles. The number of nitrogens with zero attached hydrogens (tertiary/aromatic N) is 2. The summed E-state index contributed by atoms with van der Waals surface area (Å²) in [7, 11) is 0. The predicted octanol–water partition coefficient (Wildman–Crippen LogP) is 7.24. The summed E-state index contributed by atoms with van der Waals surface area (Å²) in [6.45, 7) is 7.14. The van der Waals surface area contributed by atoms with Gasteiger partial charge in [0.05, 0.1) is 0 Å². The molecule has 0 bridgehead atoms. The predicted molar refractivity (Wildman–Crippen MR) is 110 cm³/mol. The molecule has 0 N–H and O–H groups in total. The van der Waals surface area contributed by atoms with E-state index in [2.05, 4.69) is 31.0 Å². The molecule has 27 heavy (non-hydrogen) atoms. The normalized spacial score (nSPS) is 33.9. The van der Waals surface area contributed by atoms with Crippen molar-refractivity contribution in [3.8, 4) is 0 Å². The first-order valence-corrected chi connectivity index (χ1v) is 11.8. The van der Waals surface area contributed by atoms with Crippen LogP contribution in [0.5, 0.6) is 0 Å². The Hall–Kier alpha value is -0.860. The summed E-state index contributed by atoms with van der Waals surface area (Å²) in [6, 6.07) is 0. The highest BCUT2D eigenvalue weighted by Crippen LogP contribution is 2.45. The third-order valence-corrected chi connectivity index (χ3v) is 8.19. The van der Waals surface area contributed by atoms with E-state index in [-0.39, 0.29) is 0 Å². The highest BCUT2D eigenvalue weighted by Gasteiger charge is 2.34. The Labute approximate surface area is 166 Å². The van der Waals surface area contributed by atoms with E-state index in [1.54, 1.807) is 0 Å². The molecule has 1 heterocycles. The Balaban J connectivity index is 1.29. The highest BCUT2D eigenvalue weighted by atomic mass is 16.4. The lowest BCUT2D eigenvalue weighted by Crippen LogP contribution is -2.25. The lowest BCUT2D eigenvalue weighted by molar-refractivity contribution is 0.158. The van der Waals surface area contributed by atoms with Crippen molar-refractivity contribution in [2.45, 2.75) is 116 Å². The molecule has 0 saturated heterocycles. The van der Waals surface area contributed by atoms with Crippen molar-refractivity contribution in [1.29, 1.82) is 0 Å². The van der Waals surface area contributed by atoms with E-state index in [4.69, 9.17) is 4.42 Å². The van der Waals surface area contributed by atoms with Gasteiger partial charge in [0, 0.05) is 11.8 Å². The van der Waals surface area contributed by atoms with Crippen molar-refractivity contribution in [2.24, 2.45) is 23.2 Å². The largest absolute Gasteiger partial charge is 0.425 e. The minimum absolute atomic E-state index is 0.432. The van der Waals surface area contributed by atoms with Crippen LogP contribution in [0.2, 0.25) is 0 Å². The molecule has 0 aromatic carbocycles. The lowest BCUT2D eigenvalue weighted by Gasteiger charge is -2.36. The van der Waals surface area contributed by atoms with Crippen LogP contribution in [0.3, 0.4) is 0 Å². The van der Waals surface area contributed by atoms with Crippen LogP contribution in [0.15, 0.2) is 4.42 Å². The van der Waals surface area contributed by atoms with Crippen LogP contribution in [0.1, 0.15) is 128 Å². The zero-order chi connectivity index (χ0) is 18.9. The van der Waals surface area contributed by atoms with Gasteiger partial charge in [0.15, 0.2) is 0 Å². The van der Waals surface area contributed by atoms with Gasteiger partial charge in [-0.2, -0.15) is 0 Å². The zero-order valence-corrected chi connectivity index (χ0v) is 17.9. The minimum Gasteiger partial charge on any atom is -0.425 e. The monoisotopic (exact) mass is 372 g/mol. The molecule has 1 aromatic rings. The van der Waals surface area contributed by atoms with Crippen LogP contribution in [-0.4, -0.2) is 10.2 Å². The van der Waals surface area contributed by atoms with Crippen LogP contribution < -0.4 is 0 Å². The van der Waals surface area contributed by atoms with Gasteiger partial charge < -0.3 is 4.42 Å². The van der Waals surface area contributed by atoms with Crippen LogP contribution in [0.25, 0.3) is 0 Å². The van der Waals surface area contributed by atoms with Crippen molar-refractivity contribution in [3.63, 3.8) is 0 Å². The summed E-state index contributed by atoms with van der Waals surface area (Å²) in [5.41, 5.74) is 0.432. The van der Waals surface area contributed by atoms with Crippen LogP contribution in [-0.2, 0) is 0 Å². The molecular formula is C24H40N2O. The number of rotatable bonds is 3. The Morgan fingerprint density at radius 2 is 1.11 bits per heavy atom. The van der Waals surface area contributed by atoms with Gasteiger partial charge in [0.1, 0.15) is 0 Å². The van der Waals surface area contributed by atoms with E-state index in [1.807, 2.05) is 0 Å². The standard InChI is InChI=1S/C24H40N2O/c1-24(2,3)21-15-13-20(14-16-21)23-26-25-22(27-23)19-11-9-18(10-12-19)17-7-5-4-6-8-17/h17-21H,4-16H2,1-3H3. The second-order valence-electron chi connectivity index (χ2n) is 10.9. The fourth-order valence-corrected chi connectivity index (χ4v) is 6.23. The van der Waals surface area contributed by atoms with E-state index in [0.29, 0.717) is 17.3 Å². The summed E-state index contributed by atoms with van der Waals surface area (Å²) >= 11 is 0. The quantitative estimate of drug-likeness (QED) is 0.561. The number of hydrogen-bond donors (Lipinski definition) is 0. The molecule has 0 atom stereocenters. The van der Waals surface area contributed by atoms with Gasteiger partial charge in [0.25, 0.3) is 0 Å². The van der Waals surface area contributed by atoms with Crippen molar-refractivity contribution in [3.05, 3.63) is 11.8 Å². The Kier molecular flexibility index (Phi) is 5.94. The van der Waals surface area contributed by atoms with Crippen molar-refractivity contribution in [1.82, 2.24) is 10.2 Å². The summed E-state index contributed by atoms with van der Waals surface area (Å²) in [5, 5.41) is 9.00. The molecule has 0 radical (unpaired) electrons.